The van der Waals surface area contributed by atoms with Gasteiger partial charge >= 0.3 is 0 Å². The van der Waals surface area contributed by atoms with Crippen LogP contribution in [0.15, 0.2) is 4.99 Å². The predicted molar refractivity (Wildman–Crippen MR) is 72.0 cm³/mol. The van der Waals surface area contributed by atoms with Crippen molar-refractivity contribution >= 4 is 16.9 Å². The minimum Gasteiger partial charge on any atom is -0.394 e. The fraction of sp³-hybridized carbons (Fsp3) is 0.917. The summed E-state index contributed by atoms with van der Waals surface area (Å²) in [6, 6.07) is -0.431. The van der Waals surface area contributed by atoms with E-state index in [1.807, 2.05) is 0 Å². The molecule has 3 heterocycles. The topological polar surface area (TPSA) is 85.5 Å². The van der Waals surface area contributed by atoms with Crippen LogP contribution in [-0.2, 0) is 4.74 Å². The number of hydrogen-bond acceptors (Lipinski definition) is 7. The van der Waals surface area contributed by atoms with Gasteiger partial charge in [-0.3, -0.25) is 4.99 Å². The number of piperidine rings is 1. The Hall–Kier alpha value is -0.340. The summed E-state index contributed by atoms with van der Waals surface area (Å²) in [6.45, 7) is 1.70. The second-order valence-corrected chi connectivity index (χ2v) is 6.34. The van der Waals surface area contributed by atoms with Crippen LogP contribution in [0.2, 0.25) is 0 Å². The van der Waals surface area contributed by atoms with Crippen molar-refractivity contribution in [2.75, 3.05) is 19.7 Å². The molecule has 2 fully saturated rings. The number of rotatable bonds is 1. The molecule has 3 aliphatic rings. The molecular formula is C12H20N2O4S. The van der Waals surface area contributed by atoms with Gasteiger partial charge in [0.15, 0.2) is 5.17 Å². The van der Waals surface area contributed by atoms with Gasteiger partial charge in [-0.1, -0.05) is 11.8 Å². The zero-order valence-corrected chi connectivity index (χ0v) is 11.5. The number of hydrogen-bond donors (Lipinski definition) is 3. The van der Waals surface area contributed by atoms with Crippen molar-refractivity contribution in [2.45, 2.75) is 49.1 Å². The summed E-state index contributed by atoms with van der Waals surface area (Å²) in [4.78, 5) is 6.75. The number of nitrogens with zero attached hydrogens (tertiary/aromatic N) is 2. The lowest BCUT2D eigenvalue weighted by atomic mass is 9.99. The van der Waals surface area contributed by atoms with Gasteiger partial charge in [0.2, 0.25) is 0 Å². The van der Waals surface area contributed by atoms with E-state index in [1.165, 1.54) is 31.0 Å². The van der Waals surface area contributed by atoms with Crippen molar-refractivity contribution in [3.8, 4) is 0 Å². The fourth-order valence-corrected chi connectivity index (χ4v) is 4.09. The molecule has 0 aromatic heterocycles. The first-order chi connectivity index (χ1) is 9.20. The number of aliphatic imine (C=N–C) groups is 1. The molecule has 0 saturated carbocycles. The maximum absolute atomic E-state index is 10.1. The Morgan fingerprint density at radius 2 is 1.95 bits per heavy atom. The Balaban J connectivity index is 1.72. The van der Waals surface area contributed by atoms with E-state index >= 15 is 0 Å². The zero-order chi connectivity index (χ0) is 13.4. The number of thioether (sulfide) groups is 1. The van der Waals surface area contributed by atoms with E-state index < -0.39 is 24.4 Å². The van der Waals surface area contributed by atoms with Crippen LogP contribution < -0.4 is 0 Å². The third-order valence-corrected chi connectivity index (χ3v) is 5.15. The molecule has 3 rings (SSSR count). The summed E-state index contributed by atoms with van der Waals surface area (Å²) >= 11 is 1.50. The first-order valence-electron chi connectivity index (χ1n) is 6.82. The highest BCUT2D eigenvalue weighted by Gasteiger charge is 2.48. The van der Waals surface area contributed by atoms with Gasteiger partial charge in [-0.05, 0) is 19.3 Å². The van der Waals surface area contributed by atoms with Crippen LogP contribution in [0.3, 0.4) is 0 Å². The Morgan fingerprint density at radius 1 is 1.21 bits per heavy atom. The van der Waals surface area contributed by atoms with Crippen molar-refractivity contribution < 1.29 is 20.1 Å². The number of ether oxygens (including phenoxy) is 1. The Morgan fingerprint density at radius 3 is 2.63 bits per heavy atom. The molecule has 0 amide bonds. The molecule has 0 spiro atoms. The summed E-state index contributed by atoms with van der Waals surface area (Å²) in [6.07, 6.45) is 0.827. The van der Waals surface area contributed by atoms with Crippen LogP contribution in [0.4, 0.5) is 0 Å². The maximum Gasteiger partial charge on any atom is 0.162 e. The van der Waals surface area contributed by atoms with Crippen molar-refractivity contribution in [1.82, 2.24) is 4.90 Å². The van der Waals surface area contributed by atoms with Crippen LogP contribution >= 0.6 is 11.8 Å². The summed E-state index contributed by atoms with van der Waals surface area (Å²) in [5.74, 6) is 0. The molecule has 6 nitrogen and oxygen atoms in total. The van der Waals surface area contributed by atoms with E-state index in [0.29, 0.717) is 0 Å². The average molecular weight is 288 g/mol. The van der Waals surface area contributed by atoms with Crippen molar-refractivity contribution in [3.05, 3.63) is 0 Å². The van der Waals surface area contributed by atoms with Crippen LogP contribution in [0.25, 0.3) is 0 Å². The van der Waals surface area contributed by atoms with Gasteiger partial charge in [0.25, 0.3) is 0 Å². The SMILES string of the molecule is OCC1OC2SC(N3CCCCC3)=NC2C(O)C1O. The number of aliphatic hydroxyl groups is 3. The normalized spacial score (nSPS) is 43.0. The molecule has 0 aliphatic carbocycles. The monoisotopic (exact) mass is 288 g/mol. The molecule has 3 N–H and O–H groups in total. The summed E-state index contributed by atoms with van der Waals surface area (Å²) in [5.41, 5.74) is -0.299. The summed E-state index contributed by atoms with van der Waals surface area (Å²) in [7, 11) is 0. The van der Waals surface area contributed by atoms with Gasteiger partial charge in [0.1, 0.15) is 29.8 Å². The molecule has 0 radical (unpaired) electrons. The third kappa shape index (κ3) is 2.50. The molecule has 108 valence electrons. The lowest BCUT2D eigenvalue weighted by Crippen LogP contribution is -2.55. The van der Waals surface area contributed by atoms with Crippen molar-refractivity contribution in [1.29, 1.82) is 0 Å². The first-order valence-corrected chi connectivity index (χ1v) is 7.70. The fourth-order valence-electron chi connectivity index (χ4n) is 2.81. The summed E-state index contributed by atoms with van der Waals surface area (Å²) in [5, 5.41) is 30.0. The van der Waals surface area contributed by atoms with E-state index in [9.17, 15) is 10.2 Å². The molecule has 3 aliphatic heterocycles. The molecule has 5 atom stereocenters. The van der Waals surface area contributed by atoms with E-state index in [0.717, 1.165) is 18.3 Å². The largest absolute Gasteiger partial charge is 0.394 e. The van der Waals surface area contributed by atoms with Gasteiger partial charge in [-0.2, -0.15) is 0 Å². The number of likely N-dealkylation sites (tertiary alicyclic amines) is 1. The molecule has 5 unspecified atom stereocenters. The maximum atomic E-state index is 10.1. The highest BCUT2D eigenvalue weighted by atomic mass is 32.2. The number of amidine groups is 1. The molecule has 0 aromatic carbocycles. The number of aliphatic hydroxyl groups excluding tert-OH is 3. The standard InChI is InChI=1S/C12H20N2O4S/c15-6-7-9(16)10(17)8-11(18-7)19-12(13-8)14-4-2-1-3-5-14/h7-11,15-17H,1-6H2. The quantitative estimate of drug-likeness (QED) is 0.596. The second-order valence-electron chi connectivity index (χ2n) is 5.27. The van der Waals surface area contributed by atoms with Crippen LogP contribution in [0, 0.1) is 0 Å². The lowest BCUT2D eigenvalue weighted by molar-refractivity contribution is -0.164. The second kappa shape index (κ2) is 5.57. The molecule has 2 saturated heterocycles. The van der Waals surface area contributed by atoms with Gasteiger partial charge in [-0.15, -0.1) is 0 Å². The molecule has 0 aromatic rings. The molecule has 0 bridgehead atoms. The van der Waals surface area contributed by atoms with E-state index in [-0.39, 0.29) is 12.0 Å². The lowest BCUT2D eigenvalue weighted by Gasteiger charge is -2.37. The van der Waals surface area contributed by atoms with Crippen LogP contribution in [0.5, 0.6) is 0 Å². The van der Waals surface area contributed by atoms with Crippen LogP contribution in [-0.4, -0.2) is 74.9 Å². The minimum atomic E-state index is -1.07. The van der Waals surface area contributed by atoms with Crippen molar-refractivity contribution in [2.24, 2.45) is 4.99 Å². The van der Waals surface area contributed by atoms with E-state index in [4.69, 9.17) is 9.84 Å². The third-order valence-electron chi connectivity index (χ3n) is 3.96. The first kappa shape index (κ1) is 13.6. The van der Waals surface area contributed by atoms with Crippen LogP contribution in [0.1, 0.15) is 19.3 Å². The average Bonchev–Trinajstić information content (AvgIpc) is 2.88. The predicted octanol–water partition coefficient (Wildman–Crippen LogP) is -0.617. The molecule has 19 heavy (non-hydrogen) atoms. The Bertz CT molecular complexity index is 362. The van der Waals surface area contributed by atoms with Gasteiger partial charge in [0, 0.05) is 13.1 Å². The number of fused-ring (bicyclic) bond motifs is 1. The summed E-state index contributed by atoms with van der Waals surface area (Å²) < 4.78 is 5.62. The molecule has 7 heteroatoms. The van der Waals surface area contributed by atoms with E-state index in [2.05, 4.69) is 9.89 Å². The highest BCUT2D eigenvalue weighted by molar-refractivity contribution is 8.14. The van der Waals surface area contributed by atoms with Gasteiger partial charge in [-0.25, -0.2) is 0 Å². The van der Waals surface area contributed by atoms with Crippen molar-refractivity contribution in [3.63, 3.8) is 0 Å². The van der Waals surface area contributed by atoms with Gasteiger partial charge in [0.05, 0.1) is 6.61 Å². The van der Waals surface area contributed by atoms with Gasteiger partial charge < -0.3 is 25.0 Å². The Kier molecular flexibility index (Phi) is 4.00. The molecular weight excluding hydrogens is 268 g/mol. The smallest absolute Gasteiger partial charge is 0.162 e. The highest BCUT2D eigenvalue weighted by Crippen LogP contribution is 2.37. The van der Waals surface area contributed by atoms with E-state index in [1.54, 1.807) is 0 Å². The minimum absolute atomic E-state index is 0.291. The zero-order valence-electron chi connectivity index (χ0n) is 10.7. The Labute approximate surface area is 116 Å².